The highest BCUT2D eigenvalue weighted by Gasteiger charge is 2.31. The number of aliphatic hydroxyl groups excluding tert-OH is 7. The van der Waals surface area contributed by atoms with Crippen LogP contribution in [0.1, 0.15) is 6.42 Å². The molecule has 1 aromatic rings. The summed E-state index contributed by atoms with van der Waals surface area (Å²) in [4.78, 5) is 1.47. The minimum atomic E-state index is -3.63. The van der Waals surface area contributed by atoms with Gasteiger partial charge in [0.2, 0.25) is 10.0 Å². The van der Waals surface area contributed by atoms with E-state index in [1.54, 1.807) is 0 Å². The summed E-state index contributed by atoms with van der Waals surface area (Å²) in [6.45, 7) is -1.54. The van der Waals surface area contributed by atoms with Crippen LogP contribution in [0.4, 0.5) is 17.1 Å². The first-order valence-electron chi connectivity index (χ1n) is 9.13. The van der Waals surface area contributed by atoms with E-state index < -0.39 is 53.8 Å². The molecule has 0 saturated heterocycles. The van der Waals surface area contributed by atoms with Crippen molar-refractivity contribution in [2.24, 2.45) is 0 Å². The predicted molar refractivity (Wildman–Crippen MR) is 110 cm³/mol. The fourth-order valence-corrected chi connectivity index (χ4v) is 3.22. The van der Waals surface area contributed by atoms with Crippen molar-refractivity contribution in [1.29, 1.82) is 0 Å². The third-order valence-electron chi connectivity index (χ3n) is 4.37. The number of hydrogen-bond donors (Lipinski definition) is 9. The molecule has 13 heteroatoms. The van der Waals surface area contributed by atoms with Crippen molar-refractivity contribution in [3.05, 3.63) is 18.2 Å². The second-order valence-electron chi connectivity index (χ2n) is 7.02. The standard InChI is InChI=1S/C17H31N3O9S/c1-30(28,29)19-13-6-10(2-3-12(13)18)20(5-4-11(23)8-21)7-14(24)16(26)17(27)15(25)9-22/h2-3,6,11,14-17,19,21-27H,4-5,7-9,18H2,1H3. The fourth-order valence-electron chi connectivity index (χ4n) is 2.65. The number of rotatable bonds is 13. The van der Waals surface area contributed by atoms with Gasteiger partial charge in [-0.05, 0) is 24.6 Å². The molecule has 12 nitrogen and oxygen atoms in total. The number of anilines is 3. The molecule has 5 unspecified atom stereocenters. The van der Waals surface area contributed by atoms with Crippen molar-refractivity contribution >= 4 is 27.1 Å². The van der Waals surface area contributed by atoms with Crippen LogP contribution in [0.2, 0.25) is 0 Å². The highest BCUT2D eigenvalue weighted by molar-refractivity contribution is 7.92. The van der Waals surface area contributed by atoms with E-state index in [0.717, 1.165) is 6.26 Å². The van der Waals surface area contributed by atoms with Gasteiger partial charge >= 0.3 is 0 Å². The van der Waals surface area contributed by atoms with Crippen LogP contribution in [0.3, 0.4) is 0 Å². The molecule has 30 heavy (non-hydrogen) atoms. The summed E-state index contributed by atoms with van der Waals surface area (Å²) in [6, 6.07) is 4.33. The zero-order chi connectivity index (χ0) is 23.1. The van der Waals surface area contributed by atoms with Crippen molar-refractivity contribution in [2.75, 3.05) is 47.9 Å². The SMILES string of the molecule is CS(=O)(=O)Nc1cc(N(CCC(O)CO)CC(O)C(O)C(O)C(O)CO)ccc1N. The van der Waals surface area contributed by atoms with E-state index in [4.69, 9.17) is 15.9 Å². The third-order valence-corrected chi connectivity index (χ3v) is 4.96. The van der Waals surface area contributed by atoms with Gasteiger partial charge in [0.05, 0.1) is 43.1 Å². The molecule has 1 rings (SSSR count). The highest BCUT2D eigenvalue weighted by Crippen LogP contribution is 2.27. The smallest absolute Gasteiger partial charge is 0.229 e. The van der Waals surface area contributed by atoms with Gasteiger partial charge in [0.25, 0.3) is 0 Å². The lowest BCUT2D eigenvalue weighted by molar-refractivity contribution is -0.112. The molecular formula is C17H31N3O9S. The van der Waals surface area contributed by atoms with Crippen LogP contribution in [0.25, 0.3) is 0 Å². The first-order valence-corrected chi connectivity index (χ1v) is 11.0. The molecule has 0 amide bonds. The predicted octanol–water partition coefficient (Wildman–Crippen LogP) is -3.37. The van der Waals surface area contributed by atoms with Crippen LogP contribution in [-0.4, -0.2) is 107 Å². The van der Waals surface area contributed by atoms with Crippen molar-refractivity contribution in [2.45, 2.75) is 36.9 Å². The normalized spacial score (nSPS) is 17.1. The quantitative estimate of drug-likeness (QED) is 0.134. The maximum absolute atomic E-state index is 11.5. The van der Waals surface area contributed by atoms with Crippen LogP contribution in [-0.2, 0) is 10.0 Å². The molecule has 174 valence electrons. The Morgan fingerprint density at radius 3 is 2.17 bits per heavy atom. The molecule has 0 aliphatic rings. The van der Waals surface area contributed by atoms with E-state index in [-0.39, 0.29) is 30.9 Å². The number of hydrogen-bond acceptors (Lipinski definition) is 11. The largest absolute Gasteiger partial charge is 0.397 e. The fraction of sp³-hybridized carbons (Fsp3) is 0.647. The Hall–Kier alpha value is -1.71. The minimum Gasteiger partial charge on any atom is -0.397 e. The zero-order valence-electron chi connectivity index (χ0n) is 16.5. The molecule has 0 radical (unpaired) electrons. The summed E-state index contributed by atoms with van der Waals surface area (Å²) in [5.74, 6) is 0. The Labute approximate surface area is 174 Å². The van der Waals surface area contributed by atoms with Gasteiger partial charge < -0.3 is 46.4 Å². The summed E-state index contributed by atoms with van der Waals surface area (Å²) in [5.41, 5.74) is 6.37. The van der Waals surface area contributed by atoms with E-state index in [9.17, 15) is 34.0 Å². The average molecular weight is 454 g/mol. The Morgan fingerprint density at radius 2 is 1.63 bits per heavy atom. The zero-order valence-corrected chi connectivity index (χ0v) is 17.4. The summed E-state index contributed by atoms with van der Waals surface area (Å²) in [5, 5.41) is 67.2. The van der Waals surface area contributed by atoms with E-state index in [1.165, 1.54) is 23.1 Å². The number of aliphatic hydroxyl groups is 7. The van der Waals surface area contributed by atoms with E-state index in [1.807, 2.05) is 0 Å². The van der Waals surface area contributed by atoms with Crippen molar-refractivity contribution in [1.82, 2.24) is 0 Å². The van der Waals surface area contributed by atoms with Crippen LogP contribution < -0.4 is 15.4 Å². The van der Waals surface area contributed by atoms with Gasteiger partial charge in [0.1, 0.15) is 18.3 Å². The molecule has 0 aliphatic carbocycles. The Bertz CT molecular complexity index is 765. The molecule has 0 bridgehead atoms. The summed E-state index contributed by atoms with van der Waals surface area (Å²) in [7, 11) is -3.63. The molecule has 0 aromatic heterocycles. The molecule has 0 saturated carbocycles. The van der Waals surface area contributed by atoms with Gasteiger partial charge in [-0.25, -0.2) is 8.42 Å². The van der Waals surface area contributed by atoms with Gasteiger partial charge in [-0.15, -0.1) is 0 Å². The van der Waals surface area contributed by atoms with E-state index in [2.05, 4.69) is 4.72 Å². The first kappa shape index (κ1) is 26.3. The molecule has 0 heterocycles. The summed E-state index contributed by atoms with van der Waals surface area (Å²) in [6.07, 6.45) is -6.91. The third kappa shape index (κ3) is 8.20. The number of nitrogens with zero attached hydrogens (tertiary/aromatic N) is 1. The topological polar surface area (TPSA) is 217 Å². The van der Waals surface area contributed by atoms with E-state index in [0.29, 0.717) is 5.69 Å². The molecular weight excluding hydrogens is 422 g/mol. The number of sulfonamides is 1. The van der Waals surface area contributed by atoms with Gasteiger partial charge in [0, 0.05) is 18.8 Å². The lowest BCUT2D eigenvalue weighted by atomic mass is 10.0. The van der Waals surface area contributed by atoms with E-state index >= 15 is 0 Å². The maximum atomic E-state index is 11.5. The molecule has 10 N–H and O–H groups in total. The lowest BCUT2D eigenvalue weighted by Crippen LogP contribution is -2.50. The van der Waals surface area contributed by atoms with Gasteiger partial charge in [-0.2, -0.15) is 0 Å². The average Bonchev–Trinajstić information content (AvgIpc) is 2.69. The van der Waals surface area contributed by atoms with Crippen LogP contribution in [0.5, 0.6) is 0 Å². The minimum absolute atomic E-state index is 0.0698. The number of nitrogens with two attached hydrogens (primary N) is 1. The Balaban J connectivity index is 3.12. The Kier molecular flexibility index (Phi) is 10.2. The summed E-state index contributed by atoms with van der Waals surface area (Å²) >= 11 is 0. The Morgan fingerprint density at radius 1 is 1.03 bits per heavy atom. The van der Waals surface area contributed by atoms with Crippen LogP contribution >= 0.6 is 0 Å². The van der Waals surface area contributed by atoms with Gasteiger partial charge in [0.15, 0.2) is 0 Å². The lowest BCUT2D eigenvalue weighted by Gasteiger charge is -2.32. The highest BCUT2D eigenvalue weighted by atomic mass is 32.2. The van der Waals surface area contributed by atoms with Crippen LogP contribution in [0.15, 0.2) is 18.2 Å². The van der Waals surface area contributed by atoms with Crippen molar-refractivity contribution in [3.8, 4) is 0 Å². The second-order valence-corrected chi connectivity index (χ2v) is 8.76. The molecule has 0 fully saturated rings. The second kappa shape index (κ2) is 11.6. The monoisotopic (exact) mass is 453 g/mol. The maximum Gasteiger partial charge on any atom is 0.229 e. The molecule has 0 spiro atoms. The number of nitrogens with one attached hydrogen (secondary N) is 1. The number of nitrogen functional groups attached to an aromatic ring is 1. The van der Waals surface area contributed by atoms with Gasteiger partial charge in [-0.3, -0.25) is 4.72 Å². The van der Waals surface area contributed by atoms with Gasteiger partial charge in [-0.1, -0.05) is 0 Å². The number of benzene rings is 1. The molecule has 0 aliphatic heterocycles. The van der Waals surface area contributed by atoms with Crippen molar-refractivity contribution in [3.63, 3.8) is 0 Å². The first-order chi connectivity index (χ1) is 13.9. The van der Waals surface area contributed by atoms with Crippen molar-refractivity contribution < 1.29 is 44.2 Å². The van der Waals surface area contributed by atoms with Crippen LogP contribution in [0, 0.1) is 0 Å². The molecule has 5 atom stereocenters. The summed E-state index contributed by atoms with van der Waals surface area (Å²) < 4.78 is 25.3. The molecule has 1 aromatic carbocycles.